The van der Waals surface area contributed by atoms with Gasteiger partial charge in [-0.05, 0) is 0 Å². The molecule has 3 N–H and O–H groups in total. The van der Waals surface area contributed by atoms with Crippen LogP contribution >= 0.6 is 15.9 Å². The third-order valence-corrected chi connectivity index (χ3v) is 1.99. The Kier molecular flexibility index (Phi) is 3.04. The van der Waals surface area contributed by atoms with Crippen molar-refractivity contribution in [2.24, 2.45) is 0 Å². The van der Waals surface area contributed by atoms with Crippen LogP contribution in [0.15, 0.2) is 12.4 Å². The molecule has 0 aromatic carbocycles. The molecule has 0 bridgehead atoms. The number of hydrogen-bond donors (Lipinski definition) is 3. The normalized spacial score (nSPS) is 16.3. The maximum Gasteiger partial charge on any atom is 0.138 e. The lowest BCUT2D eigenvalue weighted by Crippen LogP contribution is -2.20. The van der Waals surface area contributed by atoms with Gasteiger partial charge < -0.3 is 15.2 Å². The summed E-state index contributed by atoms with van der Waals surface area (Å²) in [5.74, 6) is 0.386. The molecule has 62 valence electrons. The number of imidazole rings is 1. The maximum absolute atomic E-state index is 9.30. The molecule has 0 spiro atoms. The van der Waals surface area contributed by atoms with E-state index in [1.54, 1.807) is 6.20 Å². The van der Waals surface area contributed by atoms with Gasteiger partial charge in [-0.15, -0.1) is 0 Å². The van der Waals surface area contributed by atoms with Crippen LogP contribution in [0.25, 0.3) is 0 Å². The van der Waals surface area contributed by atoms with Crippen molar-refractivity contribution in [2.75, 3.05) is 5.33 Å². The molecule has 1 aromatic rings. The molecule has 0 aliphatic rings. The van der Waals surface area contributed by atoms with Crippen molar-refractivity contribution in [3.05, 3.63) is 18.2 Å². The fraction of sp³-hybridized carbons (Fsp3) is 0.500. The van der Waals surface area contributed by atoms with E-state index in [-0.39, 0.29) is 0 Å². The minimum atomic E-state index is -0.940. The Hall–Kier alpha value is -0.390. The first-order valence-electron chi connectivity index (χ1n) is 3.17. The first-order chi connectivity index (χ1) is 5.25. The van der Waals surface area contributed by atoms with E-state index in [2.05, 4.69) is 25.9 Å². The summed E-state index contributed by atoms with van der Waals surface area (Å²) >= 11 is 3.05. The number of nitrogens with one attached hydrogen (secondary N) is 1. The van der Waals surface area contributed by atoms with E-state index in [4.69, 9.17) is 5.11 Å². The summed E-state index contributed by atoms with van der Waals surface area (Å²) in [6.07, 6.45) is 1.37. The van der Waals surface area contributed by atoms with Crippen LogP contribution in [0, 0.1) is 0 Å². The fourth-order valence-electron chi connectivity index (χ4n) is 0.706. The quantitative estimate of drug-likeness (QED) is 0.638. The number of alkyl halides is 1. The molecule has 0 amide bonds. The summed E-state index contributed by atoms with van der Waals surface area (Å²) in [6, 6.07) is 0. The number of nitrogens with zero attached hydrogens (tertiary/aromatic N) is 1. The van der Waals surface area contributed by atoms with E-state index in [1.807, 2.05) is 0 Å². The van der Waals surface area contributed by atoms with Crippen LogP contribution < -0.4 is 0 Å². The highest BCUT2D eigenvalue weighted by Gasteiger charge is 2.18. The summed E-state index contributed by atoms with van der Waals surface area (Å²) < 4.78 is 0. The Morgan fingerprint density at radius 2 is 2.36 bits per heavy atom. The molecule has 0 fully saturated rings. The van der Waals surface area contributed by atoms with Crippen molar-refractivity contribution in [3.8, 4) is 0 Å². The van der Waals surface area contributed by atoms with Crippen molar-refractivity contribution in [3.63, 3.8) is 0 Å². The van der Waals surface area contributed by atoms with Crippen LogP contribution in [0.4, 0.5) is 0 Å². The predicted octanol–water partition coefficient (Wildman–Crippen LogP) is 0.199. The van der Waals surface area contributed by atoms with Gasteiger partial charge in [-0.3, -0.25) is 0 Å². The van der Waals surface area contributed by atoms with E-state index in [1.165, 1.54) is 6.20 Å². The Morgan fingerprint density at radius 1 is 1.64 bits per heavy atom. The molecule has 1 aromatic heterocycles. The van der Waals surface area contributed by atoms with Gasteiger partial charge in [-0.2, -0.15) is 0 Å². The molecule has 0 aliphatic heterocycles. The SMILES string of the molecule is OC(CBr)C(O)c1ncc[nH]1. The van der Waals surface area contributed by atoms with E-state index >= 15 is 0 Å². The zero-order chi connectivity index (χ0) is 8.27. The lowest BCUT2D eigenvalue weighted by molar-refractivity contribution is 0.0291. The van der Waals surface area contributed by atoms with Gasteiger partial charge in [0.15, 0.2) is 0 Å². The van der Waals surface area contributed by atoms with Crippen LogP contribution in [-0.2, 0) is 0 Å². The van der Waals surface area contributed by atoms with Crippen LogP contribution in [0.2, 0.25) is 0 Å². The van der Waals surface area contributed by atoms with Gasteiger partial charge in [0, 0.05) is 17.7 Å². The van der Waals surface area contributed by atoms with Gasteiger partial charge in [0.25, 0.3) is 0 Å². The third kappa shape index (κ3) is 2.02. The summed E-state index contributed by atoms with van der Waals surface area (Å²) in [4.78, 5) is 6.51. The van der Waals surface area contributed by atoms with Gasteiger partial charge >= 0.3 is 0 Å². The van der Waals surface area contributed by atoms with E-state index in [9.17, 15) is 5.11 Å². The van der Waals surface area contributed by atoms with Crippen molar-refractivity contribution in [1.82, 2.24) is 9.97 Å². The standard InChI is InChI=1S/C6H9BrN2O2/c7-3-4(10)5(11)6-8-1-2-9-6/h1-2,4-5,10-11H,3H2,(H,8,9). The lowest BCUT2D eigenvalue weighted by atomic mass is 10.2. The number of aliphatic hydroxyl groups is 2. The molecule has 0 saturated heterocycles. The second-order valence-corrected chi connectivity index (χ2v) is 2.79. The summed E-state index contributed by atoms with van der Waals surface area (Å²) in [5, 5.41) is 18.8. The number of aromatic nitrogens is 2. The van der Waals surface area contributed by atoms with E-state index < -0.39 is 12.2 Å². The van der Waals surface area contributed by atoms with Gasteiger partial charge in [0.2, 0.25) is 0 Å². The summed E-state index contributed by atoms with van der Waals surface area (Å²) in [7, 11) is 0. The average molecular weight is 221 g/mol. The first kappa shape index (κ1) is 8.70. The number of rotatable bonds is 3. The minimum absolute atomic E-state index is 0.328. The second kappa shape index (κ2) is 3.85. The Morgan fingerprint density at radius 3 is 2.82 bits per heavy atom. The minimum Gasteiger partial charge on any atom is -0.389 e. The zero-order valence-corrected chi connectivity index (χ0v) is 7.32. The molecule has 2 unspecified atom stereocenters. The molecule has 1 rings (SSSR count). The lowest BCUT2D eigenvalue weighted by Gasteiger charge is -2.11. The average Bonchev–Trinajstić information content (AvgIpc) is 2.53. The first-order valence-corrected chi connectivity index (χ1v) is 4.29. The van der Waals surface area contributed by atoms with Crippen LogP contribution in [0.3, 0.4) is 0 Å². The second-order valence-electron chi connectivity index (χ2n) is 2.14. The Balaban J connectivity index is 2.62. The van der Waals surface area contributed by atoms with Crippen molar-refractivity contribution in [2.45, 2.75) is 12.2 Å². The molecule has 0 saturated carbocycles. The Bertz CT molecular complexity index is 202. The highest BCUT2D eigenvalue weighted by Crippen LogP contribution is 2.12. The number of aliphatic hydroxyl groups excluding tert-OH is 2. The van der Waals surface area contributed by atoms with Crippen LogP contribution in [-0.4, -0.2) is 31.6 Å². The monoisotopic (exact) mass is 220 g/mol. The van der Waals surface area contributed by atoms with Crippen molar-refractivity contribution >= 4 is 15.9 Å². The largest absolute Gasteiger partial charge is 0.389 e. The summed E-state index contributed by atoms with van der Waals surface area (Å²) in [5.41, 5.74) is 0. The van der Waals surface area contributed by atoms with Crippen molar-refractivity contribution in [1.29, 1.82) is 0 Å². The number of halogens is 1. The molecular weight excluding hydrogens is 212 g/mol. The van der Waals surface area contributed by atoms with Gasteiger partial charge in [0.1, 0.15) is 11.9 Å². The third-order valence-electron chi connectivity index (χ3n) is 1.32. The molecule has 0 aliphatic carbocycles. The zero-order valence-electron chi connectivity index (χ0n) is 5.74. The number of aromatic amines is 1. The van der Waals surface area contributed by atoms with E-state index in [0.717, 1.165) is 0 Å². The molecule has 5 heteroatoms. The fourth-order valence-corrected chi connectivity index (χ4v) is 1.06. The molecule has 11 heavy (non-hydrogen) atoms. The van der Waals surface area contributed by atoms with Crippen molar-refractivity contribution < 1.29 is 10.2 Å². The van der Waals surface area contributed by atoms with Gasteiger partial charge in [-0.1, -0.05) is 15.9 Å². The predicted molar refractivity (Wildman–Crippen MR) is 43.3 cm³/mol. The number of hydrogen-bond acceptors (Lipinski definition) is 3. The van der Waals surface area contributed by atoms with E-state index in [0.29, 0.717) is 11.2 Å². The Labute approximate surface area is 72.4 Å². The van der Waals surface area contributed by atoms with Gasteiger partial charge in [0.05, 0.1) is 6.10 Å². The number of H-pyrrole nitrogens is 1. The molecule has 1 heterocycles. The molecular formula is C6H9BrN2O2. The highest BCUT2D eigenvalue weighted by molar-refractivity contribution is 9.09. The summed E-state index contributed by atoms with van der Waals surface area (Å²) in [6.45, 7) is 0. The van der Waals surface area contributed by atoms with Crippen LogP contribution in [0.1, 0.15) is 11.9 Å². The van der Waals surface area contributed by atoms with Gasteiger partial charge in [-0.25, -0.2) is 4.98 Å². The molecule has 4 nitrogen and oxygen atoms in total. The molecule has 0 radical (unpaired) electrons. The van der Waals surface area contributed by atoms with Crippen LogP contribution in [0.5, 0.6) is 0 Å². The smallest absolute Gasteiger partial charge is 0.138 e. The highest BCUT2D eigenvalue weighted by atomic mass is 79.9. The topological polar surface area (TPSA) is 69.1 Å². The molecule has 2 atom stereocenters. The maximum atomic E-state index is 9.30.